The van der Waals surface area contributed by atoms with Crippen LogP contribution in [0.1, 0.15) is 23.7 Å². The van der Waals surface area contributed by atoms with Gasteiger partial charge in [-0.25, -0.2) is 0 Å². The first-order chi connectivity index (χ1) is 10.6. The molecule has 2 rings (SSSR count). The van der Waals surface area contributed by atoms with Crippen molar-refractivity contribution in [3.05, 3.63) is 29.8 Å². The summed E-state index contributed by atoms with van der Waals surface area (Å²) in [5, 5.41) is 2.78. The number of nitrogens with one attached hydrogen (secondary N) is 1. The van der Waals surface area contributed by atoms with Crippen molar-refractivity contribution >= 4 is 11.8 Å². The summed E-state index contributed by atoms with van der Waals surface area (Å²) in [4.78, 5) is 25.8. The molecule has 1 N–H and O–H groups in total. The summed E-state index contributed by atoms with van der Waals surface area (Å²) in [6, 6.07) is 6.94. The van der Waals surface area contributed by atoms with Crippen molar-refractivity contribution in [2.75, 3.05) is 33.4 Å². The largest absolute Gasteiger partial charge is 0.491 e. The van der Waals surface area contributed by atoms with Crippen molar-refractivity contribution in [1.29, 1.82) is 0 Å². The highest BCUT2D eigenvalue weighted by Crippen LogP contribution is 2.16. The maximum atomic E-state index is 12.6. The Morgan fingerprint density at radius 1 is 1.32 bits per heavy atom. The standard InChI is InChI=1S/C16H22N2O4/c1-12-11-15(19)17-7-8-18(12)16(20)13-3-5-14(6-4-13)22-10-9-21-2/h3-6,12H,7-11H2,1-2H3,(H,17,19). The van der Waals surface area contributed by atoms with Crippen molar-refractivity contribution in [3.8, 4) is 5.75 Å². The monoisotopic (exact) mass is 306 g/mol. The number of hydrogen-bond donors (Lipinski definition) is 1. The van der Waals surface area contributed by atoms with Crippen LogP contribution in [0.5, 0.6) is 5.75 Å². The van der Waals surface area contributed by atoms with Gasteiger partial charge in [0, 0.05) is 38.2 Å². The van der Waals surface area contributed by atoms with E-state index in [1.54, 1.807) is 36.3 Å². The Hall–Kier alpha value is -2.08. The van der Waals surface area contributed by atoms with Crippen LogP contribution in [0.2, 0.25) is 0 Å². The van der Waals surface area contributed by atoms with Crippen LogP contribution in [0.3, 0.4) is 0 Å². The minimum atomic E-state index is -0.104. The molecule has 6 heteroatoms. The molecule has 0 spiro atoms. The number of methoxy groups -OCH3 is 1. The first-order valence-electron chi connectivity index (χ1n) is 7.41. The second-order valence-corrected chi connectivity index (χ2v) is 5.27. The number of nitrogens with zero attached hydrogens (tertiary/aromatic N) is 1. The number of ether oxygens (including phenoxy) is 2. The minimum Gasteiger partial charge on any atom is -0.491 e. The lowest BCUT2D eigenvalue weighted by atomic mass is 10.1. The van der Waals surface area contributed by atoms with Gasteiger partial charge in [-0.2, -0.15) is 0 Å². The Kier molecular flexibility index (Phi) is 5.77. The lowest BCUT2D eigenvalue weighted by Crippen LogP contribution is -2.39. The van der Waals surface area contributed by atoms with E-state index >= 15 is 0 Å². The van der Waals surface area contributed by atoms with Crippen LogP contribution in [0.4, 0.5) is 0 Å². The second-order valence-electron chi connectivity index (χ2n) is 5.27. The van der Waals surface area contributed by atoms with Crippen LogP contribution in [0, 0.1) is 0 Å². The van der Waals surface area contributed by atoms with Crippen molar-refractivity contribution in [1.82, 2.24) is 10.2 Å². The van der Waals surface area contributed by atoms with Crippen molar-refractivity contribution in [3.63, 3.8) is 0 Å². The summed E-state index contributed by atoms with van der Waals surface area (Å²) >= 11 is 0. The number of amides is 2. The molecular weight excluding hydrogens is 284 g/mol. The Morgan fingerprint density at radius 2 is 2.05 bits per heavy atom. The molecule has 0 radical (unpaired) electrons. The second kappa shape index (κ2) is 7.79. The summed E-state index contributed by atoms with van der Waals surface area (Å²) < 4.78 is 10.4. The van der Waals surface area contributed by atoms with Crippen LogP contribution >= 0.6 is 0 Å². The molecule has 0 saturated carbocycles. The summed E-state index contributed by atoms with van der Waals surface area (Å²) in [5.41, 5.74) is 0.597. The molecule has 2 amide bonds. The third-order valence-corrected chi connectivity index (χ3v) is 3.61. The molecule has 0 aromatic heterocycles. The SMILES string of the molecule is COCCOc1ccc(C(=O)N2CCNC(=O)CC2C)cc1. The van der Waals surface area contributed by atoms with Crippen LogP contribution in [-0.4, -0.2) is 56.2 Å². The normalized spacial score (nSPS) is 18.5. The molecule has 1 aliphatic rings. The molecule has 1 fully saturated rings. The molecular formula is C16H22N2O4. The molecule has 0 bridgehead atoms. The van der Waals surface area contributed by atoms with E-state index < -0.39 is 0 Å². The molecule has 1 aliphatic heterocycles. The zero-order valence-corrected chi connectivity index (χ0v) is 13.0. The number of carbonyl (C=O) groups excluding carboxylic acids is 2. The smallest absolute Gasteiger partial charge is 0.254 e. The van der Waals surface area contributed by atoms with Gasteiger partial charge >= 0.3 is 0 Å². The van der Waals surface area contributed by atoms with Gasteiger partial charge < -0.3 is 19.7 Å². The molecule has 1 heterocycles. The van der Waals surface area contributed by atoms with Gasteiger partial charge in [-0.15, -0.1) is 0 Å². The fourth-order valence-corrected chi connectivity index (χ4v) is 2.39. The van der Waals surface area contributed by atoms with Gasteiger partial charge in [-0.05, 0) is 31.2 Å². The molecule has 6 nitrogen and oxygen atoms in total. The van der Waals surface area contributed by atoms with E-state index in [1.807, 2.05) is 6.92 Å². The maximum Gasteiger partial charge on any atom is 0.254 e. The summed E-state index contributed by atoms with van der Waals surface area (Å²) in [6.07, 6.45) is 0.337. The lowest BCUT2D eigenvalue weighted by Gasteiger charge is -2.26. The number of rotatable bonds is 5. The van der Waals surface area contributed by atoms with Gasteiger partial charge in [0.1, 0.15) is 12.4 Å². The molecule has 1 saturated heterocycles. The van der Waals surface area contributed by atoms with Crippen LogP contribution < -0.4 is 10.1 Å². The number of carbonyl (C=O) groups is 2. The predicted molar refractivity (Wildman–Crippen MR) is 81.9 cm³/mol. The van der Waals surface area contributed by atoms with Crippen molar-refractivity contribution in [2.24, 2.45) is 0 Å². The van der Waals surface area contributed by atoms with Gasteiger partial charge in [0.25, 0.3) is 5.91 Å². The lowest BCUT2D eigenvalue weighted by molar-refractivity contribution is -0.121. The van der Waals surface area contributed by atoms with E-state index in [0.29, 0.717) is 44.0 Å². The Morgan fingerprint density at radius 3 is 2.73 bits per heavy atom. The summed E-state index contributed by atoms with van der Waals surface area (Å²) in [6.45, 7) is 3.91. The van der Waals surface area contributed by atoms with Gasteiger partial charge in [-0.1, -0.05) is 0 Å². The number of benzene rings is 1. The molecule has 1 atom stereocenters. The van der Waals surface area contributed by atoms with Crippen LogP contribution in [0.25, 0.3) is 0 Å². The predicted octanol–water partition coefficient (Wildman–Crippen LogP) is 1.06. The third kappa shape index (κ3) is 4.21. The summed E-state index contributed by atoms with van der Waals surface area (Å²) in [7, 11) is 1.62. The van der Waals surface area contributed by atoms with Crippen LogP contribution in [-0.2, 0) is 9.53 Å². The molecule has 1 aromatic carbocycles. The average Bonchev–Trinajstić information content (AvgIpc) is 2.68. The first-order valence-corrected chi connectivity index (χ1v) is 7.41. The Balaban J connectivity index is 2.00. The zero-order valence-electron chi connectivity index (χ0n) is 13.0. The van der Waals surface area contributed by atoms with Crippen molar-refractivity contribution in [2.45, 2.75) is 19.4 Å². The van der Waals surface area contributed by atoms with E-state index in [0.717, 1.165) is 0 Å². The highest BCUT2D eigenvalue weighted by molar-refractivity contribution is 5.95. The van der Waals surface area contributed by atoms with Gasteiger partial charge in [-0.3, -0.25) is 9.59 Å². The molecule has 1 aromatic rings. The van der Waals surface area contributed by atoms with Gasteiger partial charge in [0.2, 0.25) is 5.91 Å². The van der Waals surface area contributed by atoms with E-state index in [-0.39, 0.29) is 17.9 Å². The molecule has 1 unspecified atom stereocenters. The summed E-state index contributed by atoms with van der Waals surface area (Å²) in [5.74, 6) is 0.631. The van der Waals surface area contributed by atoms with E-state index in [2.05, 4.69) is 5.32 Å². The van der Waals surface area contributed by atoms with E-state index in [4.69, 9.17) is 9.47 Å². The Bertz CT molecular complexity index is 515. The van der Waals surface area contributed by atoms with Gasteiger partial charge in [0.05, 0.1) is 6.61 Å². The third-order valence-electron chi connectivity index (χ3n) is 3.61. The highest BCUT2D eigenvalue weighted by atomic mass is 16.5. The van der Waals surface area contributed by atoms with E-state index in [1.165, 1.54) is 0 Å². The van der Waals surface area contributed by atoms with Crippen LogP contribution in [0.15, 0.2) is 24.3 Å². The highest BCUT2D eigenvalue weighted by Gasteiger charge is 2.25. The maximum absolute atomic E-state index is 12.6. The fraction of sp³-hybridized carbons (Fsp3) is 0.500. The zero-order chi connectivity index (χ0) is 15.9. The molecule has 22 heavy (non-hydrogen) atoms. The van der Waals surface area contributed by atoms with Crippen molar-refractivity contribution < 1.29 is 19.1 Å². The molecule has 0 aliphatic carbocycles. The number of hydrogen-bond acceptors (Lipinski definition) is 4. The van der Waals surface area contributed by atoms with Gasteiger partial charge in [0.15, 0.2) is 0 Å². The first kappa shape index (κ1) is 16.3. The topological polar surface area (TPSA) is 67.9 Å². The average molecular weight is 306 g/mol. The van der Waals surface area contributed by atoms with E-state index in [9.17, 15) is 9.59 Å². The minimum absolute atomic E-state index is 0.00955. The Labute approximate surface area is 130 Å². The fourth-order valence-electron chi connectivity index (χ4n) is 2.39. The quantitative estimate of drug-likeness (QED) is 0.826. The molecule has 120 valence electrons.